The van der Waals surface area contributed by atoms with Crippen LogP contribution in [0.3, 0.4) is 0 Å². The Morgan fingerprint density at radius 1 is 0.792 bits per heavy atom. The Morgan fingerprint density at radius 2 is 1.52 bits per heavy atom. The number of ether oxygens (including phenoxy) is 2. The molecular formula is C59H68Cl2N8O8. The Labute approximate surface area is 460 Å². The summed E-state index contributed by atoms with van der Waals surface area (Å²) in [5.41, 5.74) is 6.00. The maximum Gasteiger partial charge on any atom is 0.247 e. The summed E-state index contributed by atoms with van der Waals surface area (Å²) < 4.78 is 12.0. The van der Waals surface area contributed by atoms with E-state index in [0.29, 0.717) is 53.2 Å². The number of aromatic nitrogens is 1. The second kappa shape index (κ2) is 26.0. The topological polar surface area (TPSA) is 183 Å². The van der Waals surface area contributed by atoms with Crippen molar-refractivity contribution < 1.29 is 38.2 Å². The first-order valence-electron chi connectivity index (χ1n) is 26.3. The minimum absolute atomic E-state index is 0.00612. The van der Waals surface area contributed by atoms with Crippen LogP contribution in [0.1, 0.15) is 61.1 Å². The van der Waals surface area contributed by atoms with Crippen LogP contribution < -0.4 is 20.7 Å². The van der Waals surface area contributed by atoms with Crippen LogP contribution in [0.4, 0.5) is 0 Å². The predicted molar refractivity (Wildman–Crippen MR) is 295 cm³/mol. The van der Waals surface area contributed by atoms with Gasteiger partial charge in [-0.15, -0.1) is 0 Å². The maximum absolute atomic E-state index is 15.1. The molecular weight excluding hydrogens is 1020 g/mol. The molecule has 3 N–H and O–H groups in total. The van der Waals surface area contributed by atoms with Crippen molar-refractivity contribution in [2.45, 2.75) is 89.6 Å². The van der Waals surface area contributed by atoms with E-state index < -0.39 is 47.8 Å². The molecule has 3 aliphatic rings. The fourth-order valence-corrected chi connectivity index (χ4v) is 10.5. The number of rotatable bonds is 12. The van der Waals surface area contributed by atoms with Crippen molar-refractivity contribution in [3.63, 3.8) is 0 Å². The molecule has 1 aromatic heterocycles. The number of amides is 6. The second-order valence-corrected chi connectivity index (χ2v) is 21.3. The van der Waals surface area contributed by atoms with Gasteiger partial charge < -0.3 is 45.0 Å². The largest absolute Gasteiger partial charge is 0.457 e. The summed E-state index contributed by atoms with van der Waals surface area (Å²) in [6.07, 6.45) is 3.55. The van der Waals surface area contributed by atoms with Crippen LogP contribution in [0.15, 0.2) is 109 Å². The van der Waals surface area contributed by atoms with Crippen LogP contribution in [-0.2, 0) is 65.9 Å². The van der Waals surface area contributed by atoms with Crippen LogP contribution in [0.5, 0.6) is 11.5 Å². The van der Waals surface area contributed by atoms with Crippen molar-refractivity contribution in [1.82, 2.24) is 40.5 Å². The molecule has 6 amide bonds. The Morgan fingerprint density at radius 3 is 2.23 bits per heavy atom. The van der Waals surface area contributed by atoms with E-state index in [9.17, 15) is 24.0 Å². The Hall–Kier alpha value is -6.85. The molecule has 1 unspecified atom stereocenters. The monoisotopic (exact) mass is 1090 g/mol. The smallest absolute Gasteiger partial charge is 0.247 e. The first-order chi connectivity index (χ1) is 37.0. The molecule has 4 heterocycles. The molecule has 16 nitrogen and oxygen atoms in total. The SMILES string of the molecule is COC[C@@H]1NC(=O)[C@H](C)N(Cc2ccc(Cl)cc2Oc2ccc(-c3cnc4c(c3)CN(C(=O)C3CCNC3)CC4)cc2)C(=O)C[C@@H](Cc2ccccc2)C(=O)N(C)[C@@H](C)CNC(=O)C[C@H](Cc2ccc(Cl)cc2)N(C)C1=O. The molecule has 0 spiro atoms. The molecule has 0 aliphatic carbocycles. The van der Waals surface area contributed by atoms with E-state index in [-0.39, 0.29) is 69.0 Å². The fraction of sp³-hybridized carbons (Fsp3) is 0.407. The Balaban J connectivity index is 1.08. The molecule has 2 fully saturated rings. The molecule has 18 heteroatoms. The quantitative estimate of drug-likeness (QED) is 0.119. The number of likely N-dealkylation sites (N-methyl/N-ethyl adjacent to an activating group) is 2. The van der Waals surface area contributed by atoms with Crippen molar-refractivity contribution in [2.75, 3.05) is 54.0 Å². The predicted octanol–water partition coefficient (Wildman–Crippen LogP) is 6.88. The first-order valence-corrected chi connectivity index (χ1v) is 27.0. The van der Waals surface area contributed by atoms with Gasteiger partial charge in [-0.25, -0.2) is 0 Å². The number of methoxy groups -OCH3 is 1. The maximum atomic E-state index is 15.1. The van der Waals surface area contributed by atoms with Gasteiger partial charge in [-0.05, 0) is 104 Å². The minimum atomic E-state index is -1.21. The van der Waals surface area contributed by atoms with E-state index in [0.717, 1.165) is 46.5 Å². The van der Waals surface area contributed by atoms with Gasteiger partial charge >= 0.3 is 0 Å². The molecule has 0 bridgehead atoms. The lowest BCUT2D eigenvalue weighted by atomic mass is 9.93. The third-order valence-corrected chi connectivity index (χ3v) is 15.5. The summed E-state index contributed by atoms with van der Waals surface area (Å²) in [7, 11) is 4.65. The number of benzene rings is 4. The summed E-state index contributed by atoms with van der Waals surface area (Å²) in [5, 5.41) is 10.0. The van der Waals surface area contributed by atoms with Crippen molar-refractivity contribution in [2.24, 2.45) is 11.8 Å². The van der Waals surface area contributed by atoms with Gasteiger partial charge in [0.15, 0.2) is 0 Å². The summed E-state index contributed by atoms with van der Waals surface area (Å²) in [6.45, 7) is 5.89. The van der Waals surface area contributed by atoms with Crippen molar-refractivity contribution >= 4 is 58.6 Å². The number of halogens is 2. The van der Waals surface area contributed by atoms with E-state index in [4.69, 9.17) is 37.7 Å². The molecule has 8 rings (SSSR count). The lowest BCUT2D eigenvalue weighted by Gasteiger charge is -2.35. The highest BCUT2D eigenvalue weighted by atomic mass is 35.5. The zero-order valence-electron chi connectivity index (χ0n) is 44.3. The second-order valence-electron chi connectivity index (χ2n) is 20.5. The lowest BCUT2D eigenvalue weighted by Crippen LogP contribution is -2.57. The summed E-state index contributed by atoms with van der Waals surface area (Å²) in [5.74, 6) is -2.18. The highest BCUT2D eigenvalue weighted by Crippen LogP contribution is 2.33. The molecule has 77 heavy (non-hydrogen) atoms. The van der Waals surface area contributed by atoms with Gasteiger partial charge in [0.1, 0.15) is 23.6 Å². The minimum Gasteiger partial charge on any atom is -0.457 e. The Bertz CT molecular complexity index is 2900. The standard InChI is InChI=1S/C59H68Cl2N8O8/c1-37-31-64-54(70)30-49(26-40-11-16-47(60)17-12-40)67(4)59(75)52(36-76-5)65-56(72)38(2)69(55(71)28-44(57(73)66(37)3)25-39-9-7-6-8-10-39)35-43-13-18-48(61)29-53(43)77-50-19-14-41(15-20-50)45-27-46-34-68(24-22-51(46)63-33-45)58(74)42-21-23-62-32-42/h6-20,27,29,33,37-38,42,44,49,52,62H,21-26,28,30-32,34-36H2,1-5H3,(H,64,70)(H,65,72)/t37-,38-,42?,44+,49-,52-/m0/s1. The van der Waals surface area contributed by atoms with E-state index in [1.54, 1.807) is 56.3 Å². The number of carbonyl (C=O) groups excluding carboxylic acids is 6. The third kappa shape index (κ3) is 14.4. The Kier molecular flexibility index (Phi) is 19.0. The average molecular weight is 1090 g/mol. The van der Waals surface area contributed by atoms with Crippen molar-refractivity contribution in [3.05, 3.63) is 147 Å². The van der Waals surface area contributed by atoms with E-state index in [1.807, 2.05) is 84.8 Å². The van der Waals surface area contributed by atoms with Gasteiger partial charge in [0.05, 0.1) is 25.0 Å². The van der Waals surface area contributed by atoms with Gasteiger partial charge in [-0.2, -0.15) is 0 Å². The van der Waals surface area contributed by atoms with Gasteiger partial charge in [0.25, 0.3) is 0 Å². The molecule has 0 saturated carbocycles. The first kappa shape index (κ1) is 56.4. The summed E-state index contributed by atoms with van der Waals surface area (Å²) in [6, 6.07) is 27.6. The number of nitrogens with zero attached hydrogens (tertiary/aromatic N) is 5. The van der Waals surface area contributed by atoms with Crippen LogP contribution in [0.25, 0.3) is 11.1 Å². The van der Waals surface area contributed by atoms with Crippen LogP contribution in [-0.4, -0.2) is 138 Å². The zero-order chi connectivity index (χ0) is 54.8. The number of nitrogens with one attached hydrogen (secondary N) is 3. The van der Waals surface area contributed by atoms with Crippen molar-refractivity contribution in [3.8, 4) is 22.6 Å². The van der Waals surface area contributed by atoms with Crippen LogP contribution in [0, 0.1) is 11.8 Å². The van der Waals surface area contributed by atoms with Crippen LogP contribution >= 0.6 is 23.2 Å². The fourth-order valence-electron chi connectivity index (χ4n) is 10.2. The number of pyridine rings is 1. The van der Waals surface area contributed by atoms with Gasteiger partial charge in [0.2, 0.25) is 35.4 Å². The number of hydrogen-bond donors (Lipinski definition) is 3. The summed E-state index contributed by atoms with van der Waals surface area (Å²) in [4.78, 5) is 97.1. The average Bonchev–Trinajstić information content (AvgIpc) is 3.99. The highest BCUT2D eigenvalue weighted by Gasteiger charge is 2.37. The van der Waals surface area contributed by atoms with E-state index in [2.05, 4.69) is 22.0 Å². The van der Waals surface area contributed by atoms with Crippen molar-refractivity contribution in [1.29, 1.82) is 0 Å². The number of hydrogen-bond acceptors (Lipinski definition) is 10. The molecule has 6 atom stereocenters. The highest BCUT2D eigenvalue weighted by molar-refractivity contribution is 6.31. The molecule has 0 radical (unpaired) electrons. The molecule has 2 saturated heterocycles. The summed E-state index contributed by atoms with van der Waals surface area (Å²) >= 11 is 12.8. The number of carbonyl (C=O) groups is 6. The van der Waals surface area contributed by atoms with Gasteiger partial charge in [0, 0.05) is 112 Å². The molecule has 5 aromatic rings. The number of fused-ring (bicyclic) bond motifs is 1. The van der Waals surface area contributed by atoms with Gasteiger partial charge in [-0.1, -0.05) is 83.9 Å². The van der Waals surface area contributed by atoms with E-state index >= 15 is 4.79 Å². The van der Waals surface area contributed by atoms with Crippen LogP contribution in [0.2, 0.25) is 10.0 Å². The molecule has 406 valence electrons. The lowest BCUT2D eigenvalue weighted by molar-refractivity contribution is -0.147. The zero-order valence-corrected chi connectivity index (χ0v) is 45.8. The third-order valence-electron chi connectivity index (χ3n) is 15.1. The molecule has 3 aliphatic heterocycles. The van der Waals surface area contributed by atoms with Gasteiger partial charge in [-0.3, -0.25) is 33.8 Å². The normalized spacial score (nSPS) is 22.2. The van der Waals surface area contributed by atoms with E-state index in [1.165, 1.54) is 16.9 Å². The molecule has 4 aromatic carbocycles.